The molecule has 0 unspecified atom stereocenters. The molecule has 5 rings (SSSR count). The van der Waals surface area contributed by atoms with Crippen LogP contribution in [0.15, 0.2) is 120 Å². The lowest BCUT2D eigenvalue weighted by molar-refractivity contribution is -0.253. The maximum atomic E-state index is 13.5. The van der Waals surface area contributed by atoms with Crippen LogP contribution in [0.4, 0.5) is 0 Å². The van der Waals surface area contributed by atoms with E-state index in [-0.39, 0.29) is 17.9 Å². The number of ether oxygens (including phenoxy) is 4. The number of hydrogen-bond donors (Lipinski definition) is 1. The lowest BCUT2D eigenvalue weighted by Gasteiger charge is -2.41. The summed E-state index contributed by atoms with van der Waals surface area (Å²) in [5, 5.41) is 0. The van der Waals surface area contributed by atoms with Gasteiger partial charge in [0, 0.05) is 6.42 Å². The summed E-state index contributed by atoms with van der Waals surface area (Å²) < 4.78 is 55.1. The Bertz CT molecular complexity index is 1470. The van der Waals surface area contributed by atoms with Crippen LogP contribution in [0.5, 0.6) is 0 Å². The predicted octanol–water partition coefficient (Wildman–Crippen LogP) is 5.78. The van der Waals surface area contributed by atoms with Crippen LogP contribution in [0.1, 0.15) is 28.7 Å². The highest BCUT2D eigenvalue weighted by molar-refractivity contribution is 7.89. The van der Waals surface area contributed by atoms with Crippen molar-refractivity contribution in [1.29, 1.82) is 0 Å². The van der Waals surface area contributed by atoms with Gasteiger partial charge in [0.2, 0.25) is 10.0 Å². The van der Waals surface area contributed by atoms with E-state index in [1.54, 1.807) is 24.3 Å². The Labute approximate surface area is 248 Å². The zero-order chi connectivity index (χ0) is 29.2. The molecule has 1 saturated heterocycles. The Hall–Kier alpha value is -3.37. The Morgan fingerprint density at radius 2 is 1.24 bits per heavy atom. The van der Waals surface area contributed by atoms with Crippen molar-refractivity contribution in [2.45, 2.75) is 62.6 Å². The lowest BCUT2D eigenvalue weighted by atomic mass is 9.99. The molecule has 1 heterocycles. The molecule has 0 bridgehead atoms. The molecule has 0 radical (unpaired) electrons. The van der Waals surface area contributed by atoms with Crippen LogP contribution >= 0.6 is 0 Å². The van der Waals surface area contributed by atoms with Crippen LogP contribution in [0, 0.1) is 6.92 Å². The van der Waals surface area contributed by atoms with Gasteiger partial charge in [0.15, 0.2) is 6.29 Å². The van der Waals surface area contributed by atoms with E-state index in [0.29, 0.717) is 19.8 Å². The van der Waals surface area contributed by atoms with Crippen molar-refractivity contribution in [1.82, 2.24) is 4.72 Å². The third-order valence-electron chi connectivity index (χ3n) is 7.13. The highest BCUT2D eigenvalue weighted by Gasteiger charge is 2.42. The summed E-state index contributed by atoms with van der Waals surface area (Å²) in [6.07, 6.45) is -1.61. The van der Waals surface area contributed by atoms with E-state index in [4.69, 9.17) is 18.9 Å². The first-order valence-corrected chi connectivity index (χ1v) is 15.6. The van der Waals surface area contributed by atoms with Crippen LogP contribution < -0.4 is 4.72 Å². The fourth-order valence-corrected chi connectivity index (χ4v) is 6.15. The highest BCUT2D eigenvalue weighted by Crippen LogP contribution is 2.28. The SMILES string of the molecule is Cc1ccc(S(=O)(=O)N[C@H]2C[C@@H](OCc3ccccc3)O[C@H](COCc3ccccc3)[C@@H]2OCc2ccccc2)cc1. The van der Waals surface area contributed by atoms with Crippen molar-refractivity contribution < 1.29 is 27.4 Å². The van der Waals surface area contributed by atoms with Gasteiger partial charge < -0.3 is 18.9 Å². The van der Waals surface area contributed by atoms with Crippen molar-refractivity contribution in [2.24, 2.45) is 0 Å². The predicted molar refractivity (Wildman–Crippen MR) is 161 cm³/mol. The molecule has 0 saturated carbocycles. The van der Waals surface area contributed by atoms with Gasteiger partial charge in [-0.2, -0.15) is 0 Å². The Morgan fingerprint density at radius 1 is 0.714 bits per heavy atom. The Balaban J connectivity index is 1.38. The summed E-state index contributed by atoms with van der Waals surface area (Å²) in [4.78, 5) is 0.194. The molecular weight excluding hydrogens is 550 g/mol. The molecule has 220 valence electrons. The second-order valence-electron chi connectivity index (χ2n) is 10.4. The first-order valence-electron chi connectivity index (χ1n) is 14.1. The summed E-state index contributed by atoms with van der Waals surface area (Å²) >= 11 is 0. The molecule has 1 N–H and O–H groups in total. The van der Waals surface area contributed by atoms with E-state index < -0.39 is 34.6 Å². The lowest BCUT2D eigenvalue weighted by Crippen LogP contribution is -2.58. The minimum absolute atomic E-state index is 0.194. The maximum Gasteiger partial charge on any atom is 0.240 e. The van der Waals surface area contributed by atoms with Gasteiger partial charge in [0.25, 0.3) is 0 Å². The fourth-order valence-electron chi connectivity index (χ4n) is 4.89. The van der Waals surface area contributed by atoms with Gasteiger partial charge in [-0.25, -0.2) is 13.1 Å². The molecule has 1 aliphatic heterocycles. The largest absolute Gasteiger partial charge is 0.374 e. The highest BCUT2D eigenvalue weighted by atomic mass is 32.2. The fraction of sp³-hybridized carbons (Fsp3) is 0.294. The van der Waals surface area contributed by atoms with E-state index in [2.05, 4.69) is 4.72 Å². The molecule has 42 heavy (non-hydrogen) atoms. The quantitative estimate of drug-likeness (QED) is 0.214. The molecule has 8 heteroatoms. The molecule has 0 spiro atoms. The monoisotopic (exact) mass is 587 g/mol. The van der Waals surface area contributed by atoms with E-state index in [9.17, 15) is 8.42 Å². The average molecular weight is 588 g/mol. The average Bonchev–Trinajstić information content (AvgIpc) is 3.01. The molecule has 4 aromatic carbocycles. The number of aryl methyl sites for hydroxylation is 1. The molecule has 1 fully saturated rings. The second-order valence-corrected chi connectivity index (χ2v) is 12.2. The van der Waals surface area contributed by atoms with Crippen LogP contribution in [0.3, 0.4) is 0 Å². The van der Waals surface area contributed by atoms with Crippen LogP contribution in [0.25, 0.3) is 0 Å². The number of sulfonamides is 1. The van der Waals surface area contributed by atoms with Crippen molar-refractivity contribution in [3.63, 3.8) is 0 Å². The van der Waals surface area contributed by atoms with Crippen molar-refractivity contribution >= 4 is 10.0 Å². The summed E-state index contributed by atoms with van der Waals surface area (Å²) in [7, 11) is -3.85. The standard InChI is InChI=1S/C34H37NO6S/c1-26-17-19-30(20-18-26)42(36,37)35-31-21-33(39-23-28-13-7-3-8-14-28)41-32(25-38-22-27-11-5-2-6-12-27)34(31)40-24-29-15-9-4-10-16-29/h2-20,31-35H,21-25H2,1H3/t31-,32+,33-,34+/m0/s1. The van der Waals surface area contributed by atoms with Gasteiger partial charge in [-0.3, -0.25) is 0 Å². The van der Waals surface area contributed by atoms with Crippen LogP contribution in [-0.4, -0.2) is 39.6 Å². The minimum Gasteiger partial charge on any atom is -0.374 e. The van der Waals surface area contributed by atoms with Gasteiger partial charge in [0.1, 0.15) is 12.2 Å². The Morgan fingerprint density at radius 3 is 1.81 bits per heavy atom. The van der Waals surface area contributed by atoms with Crippen LogP contribution in [0.2, 0.25) is 0 Å². The van der Waals surface area contributed by atoms with Gasteiger partial charge in [-0.05, 0) is 35.7 Å². The van der Waals surface area contributed by atoms with Crippen molar-refractivity contribution in [3.8, 4) is 0 Å². The number of rotatable bonds is 13. The van der Waals surface area contributed by atoms with Crippen molar-refractivity contribution in [3.05, 3.63) is 138 Å². The first kappa shape index (κ1) is 30.1. The number of nitrogens with one attached hydrogen (secondary N) is 1. The molecule has 1 aliphatic rings. The summed E-state index contributed by atoms with van der Waals surface area (Å²) in [5.74, 6) is 0. The molecule has 4 aromatic rings. The zero-order valence-electron chi connectivity index (χ0n) is 23.7. The molecule has 4 atom stereocenters. The van der Waals surface area contributed by atoms with E-state index in [1.807, 2.05) is 97.9 Å². The van der Waals surface area contributed by atoms with E-state index >= 15 is 0 Å². The summed E-state index contributed by atoms with van der Waals surface area (Å²) in [5.41, 5.74) is 3.99. The summed E-state index contributed by atoms with van der Waals surface area (Å²) in [6, 6.07) is 35.6. The van der Waals surface area contributed by atoms with Gasteiger partial charge >= 0.3 is 0 Å². The number of benzene rings is 4. The van der Waals surface area contributed by atoms with Gasteiger partial charge in [-0.15, -0.1) is 0 Å². The third-order valence-corrected chi connectivity index (χ3v) is 8.64. The minimum atomic E-state index is -3.85. The molecular formula is C34H37NO6S. The Kier molecular flexibility index (Phi) is 10.5. The second kappa shape index (κ2) is 14.7. The normalized spacial score (nSPS) is 20.8. The molecule has 7 nitrogen and oxygen atoms in total. The van der Waals surface area contributed by atoms with Crippen molar-refractivity contribution in [2.75, 3.05) is 6.61 Å². The topological polar surface area (TPSA) is 83.1 Å². The smallest absolute Gasteiger partial charge is 0.240 e. The molecule has 0 amide bonds. The number of hydrogen-bond acceptors (Lipinski definition) is 6. The third kappa shape index (κ3) is 8.58. The van der Waals surface area contributed by atoms with E-state index in [1.165, 1.54) is 0 Å². The zero-order valence-corrected chi connectivity index (χ0v) is 24.5. The molecule has 0 aromatic heterocycles. The van der Waals surface area contributed by atoms with Gasteiger partial charge in [-0.1, -0.05) is 109 Å². The first-order chi connectivity index (χ1) is 20.5. The molecule has 0 aliphatic carbocycles. The van der Waals surface area contributed by atoms with E-state index in [0.717, 1.165) is 22.3 Å². The maximum absolute atomic E-state index is 13.5. The summed E-state index contributed by atoms with van der Waals surface area (Å²) in [6.45, 7) is 3.13. The van der Waals surface area contributed by atoms with Crippen LogP contribution in [-0.2, 0) is 48.8 Å². The van der Waals surface area contributed by atoms with Gasteiger partial charge in [0.05, 0.1) is 37.4 Å².